The summed E-state index contributed by atoms with van der Waals surface area (Å²) < 4.78 is 0. The molecule has 0 bridgehead atoms. The molecule has 3 nitrogen and oxygen atoms in total. The lowest BCUT2D eigenvalue weighted by molar-refractivity contribution is -0.115. The highest BCUT2D eigenvalue weighted by atomic mass is 16.1. The van der Waals surface area contributed by atoms with Crippen LogP contribution in [0.5, 0.6) is 0 Å². The quantitative estimate of drug-likeness (QED) is 0.836. The van der Waals surface area contributed by atoms with Gasteiger partial charge in [0.15, 0.2) is 0 Å². The Hall–Kier alpha value is -1.35. The molecule has 1 aromatic rings. The van der Waals surface area contributed by atoms with Crippen LogP contribution in [0.3, 0.4) is 0 Å². The third-order valence-electron chi connectivity index (χ3n) is 3.20. The van der Waals surface area contributed by atoms with Crippen LogP contribution in [0, 0.1) is 0 Å². The largest absolute Gasteiger partial charge is 0.326 e. The van der Waals surface area contributed by atoms with Gasteiger partial charge in [0.2, 0.25) is 5.91 Å². The lowest BCUT2D eigenvalue weighted by atomic mass is 10.0. The molecule has 1 saturated heterocycles. The summed E-state index contributed by atoms with van der Waals surface area (Å²) in [6, 6.07) is 8.80. The fourth-order valence-corrected chi connectivity index (χ4v) is 2.19. The number of hydrogen-bond acceptors (Lipinski definition) is 2. The van der Waals surface area contributed by atoms with Crippen molar-refractivity contribution in [1.82, 2.24) is 5.32 Å². The molecule has 3 heteroatoms. The van der Waals surface area contributed by atoms with Crippen LogP contribution in [0.2, 0.25) is 0 Å². The molecule has 0 aromatic heterocycles. The molecule has 2 rings (SSSR count). The maximum Gasteiger partial charge on any atom is 0.224 e. The zero-order valence-corrected chi connectivity index (χ0v) is 10.3. The van der Waals surface area contributed by atoms with Gasteiger partial charge in [-0.2, -0.15) is 0 Å². The first kappa shape index (κ1) is 12.1. The van der Waals surface area contributed by atoms with Crippen molar-refractivity contribution in [1.29, 1.82) is 0 Å². The predicted molar refractivity (Wildman–Crippen MR) is 70.1 cm³/mol. The first-order valence-electron chi connectivity index (χ1n) is 6.40. The molecule has 1 aliphatic rings. The zero-order valence-electron chi connectivity index (χ0n) is 10.3. The maximum absolute atomic E-state index is 11.2. The van der Waals surface area contributed by atoms with Crippen LogP contribution in [-0.2, 0) is 11.2 Å². The topological polar surface area (TPSA) is 41.1 Å². The molecular formula is C14H20N2O. The van der Waals surface area contributed by atoms with E-state index in [0.29, 0.717) is 12.5 Å². The van der Waals surface area contributed by atoms with Crippen LogP contribution in [0.15, 0.2) is 24.3 Å². The van der Waals surface area contributed by atoms with Gasteiger partial charge in [0.1, 0.15) is 0 Å². The van der Waals surface area contributed by atoms with E-state index in [1.54, 1.807) is 0 Å². The van der Waals surface area contributed by atoms with Crippen molar-refractivity contribution in [3.05, 3.63) is 29.8 Å². The Morgan fingerprint density at radius 3 is 2.76 bits per heavy atom. The smallest absolute Gasteiger partial charge is 0.224 e. The SMILES string of the molecule is CCC(=O)Nc1ccc(CC2CCCN2)cc1. The van der Waals surface area contributed by atoms with E-state index in [2.05, 4.69) is 22.8 Å². The minimum atomic E-state index is 0.0650. The molecule has 1 atom stereocenters. The molecule has 1 aliphatic heterocycles. The Bertz CT molecular complexity index is 366. The van der Waals surface area contributed by atoms with Crippen molar-refractivity contribution in [2.45, 2.75) is 38.6 Å². The Balaban J connectivity index is 1.90. The van der Waals surface area contributed by atoms with Crippen molar-refractivity contribution < 1.29 is 4.79 Å². The van der Waals surface area contributed by atoms with E-state index in [9.17, 15) is 4.79 Å². The predicted octanol–water partition coefficient (Wildman–Crippen LogP) is 2.33. The molecule has 0 spiro atoms. The average Bonchev–Trinajstić information content (AvgIpc) is 2.84. The van der Waals surface area contributed by atoms with E-state index in [0.717, 1.165) is 18.7 Å². The van der Waals surface area contributed by atoms with Crippen molar-refractivity contribution in [3.8, 4) is 0 Å². The maximum atomic E-state index is 11.2. The van der Waals surface area contributed by atoms with Crippen molar-refractivity contribution in [2.24, 2.45) is 0 Å². The monoisotopic (exact) mass is 232 g/mol. The van der Waals surface area contributed by atoms with E-state index < -0.39 is 0 Å². The molecular weight excluding hydrogens is 212 g/mol. The molecule has 0 radical (unpaired) electrons. The van der Waals surface area contributed by atoms with Crippen molar-refractivity contribution >= 4 is 11.6 Å². The Morgan fingerprint density at radius 1 is 1.41 bits per heavy atom. The summed E-state index contributed by atoms with van der Waals surface area (Å²) in [5.41, 5.74) is 2.22. The van der Waals surface area contributed by atoms with Crippen LogP contribution < -0.4 is 10.6 Å². The second-order valence-electron chi connectivity index (χ2n) is 4.60. The van der Waals surface area contributed by atoms with Crippen molar-refractivity contribution in [3.63, 3.8) is 0 Å². The summed E-state index contributed by atoms with van der Waals surface area (Å²) in [6.45, 7) is 3.00. The number of hydrogen-bond donors (Lipinski definition) is 2. The average molecular weight is 232 g/mol. The summed E-state index contributed by atoms with van der Waals surface area (Å²) in [7, 11) is 0. The highest BCUT2D eigenvalue weighted by molar-refractivity contribution is 5.90. The third-order valence-corrected chi connectivity index (χ3v) is 3.20. The Morgan fingerprint density at radius 2 is 2.18 bits per heavy atom. The van der Waals surface area contributed by atoms with Gasteiger partial charge in [0, 0.05) is 18.2 Å². The number of amides is 1. The molecule has 92 valence electrons. The van der Waals surface area contributed by atoms with Crippen LogP contribution >= 0.6 is 0 Å². The Kier molecular flexibility index (Phi) is 4.15. The first-order chi connectivity index (χ1) is 8.28. The summed E-state index contributed by atoms with van der Waals surface area (Å²) in [5.74, 6) is 0.0650. The summed E-state index contributed by atoms with van der Waals surface area (Å²) in [4.78, 5) is 11.2. The van der Waals surface area contributed by atoms with Gasteiger partial charge >= 0.3 is 0 Å². The van der Waals surface area contributed by atoms with E-state index in [1.807, 2.05) is 19.1 Å². The molecule has 1 unspecified atom stereocenters. The van der Waals surface area contributed by atoms with Gasteiger partial charge in [-0.3, -0.25) is 4.79 Å². The number of nitrogens with one attached hydrogen (secondary N) is 2. The van der Waals surface area contributed by atoms with Gasteiger partial charge in [-0.15, -0.1) is 0 Å². The lowest BCUT2D eigenvalue weighted by Crippen LogP contribution is -2.23. The van der Waals surface area contributed by atoms with Crippen molar-refractivity contribution in [2.75, 3.05) is 11.9 Å². The van der Waals surface area contributed by atoms with E-state index in [1.165, 1.54) is 18.4 Å². The van der Waals surface area contributed by atoms with Gasteiger partial charge in [0.25, 0.3) is 0 Å². The van der Waals surface area contributed by atoms with Gasteiger partial charge < -0.3 is 10.6 Å². The lowest BCUT2D eigenvalue weighted by Gasteiger charge is -2.10. The minimum absolute atomic E-state index is 0.0650. The van der Waals surface area contributed by atoms with Gasteiger partial charge in [-0.05, 0) is 43.5 Å². The van der Waals surface area contributed by atoms with Gasteiger partial charge in [-0.25, -0.2) is 0 Å². The van der Waals surface area contributed by atoms with Crippen LogP contribution in [-0.4, -0.2) is 18.5 Å². The summed E-state index contributed by atoms with van der Waals surface area (Å²) in [6.07, 6.45) is 4.17. The zero-order chi connectivity index (χ0) is 12.1. The summed E-state index contributed by atoms with van der Waals surface area (Å²) >= 11 is 0. The van der Waals surface area contributed by atoms with Gasteiger partial charge in [-0.1, -0.05) is 19.1 Å². The highest BCUT2D eigenvalue weighted by Gasteiger charge is 2.13. The first-order valence-corrected chi connectivity index (χ1v) is 6.40. The molecule has 1 amide bonds. The summed E-state index contributed by atoms with van der Waals surface area (Å²) in [5, 5.41) is 6.35. The highest BCUT2D eigenvalue weighted by Crippen LogP contribution is 2.15. The molecule has 0 aliphatic carbocycles. The van der Waals surface area contributed by atoms with Crippen LogP contribution in [0.4, 0.5) is 5.69 Å². The Labute approximate surface area is 103 Å². The minimum Gasteiger partial charge on any atom is -0.326 e. The number of carbonyl (C=O) groups is 1. The number of carbonyl (C=O) groups excluding carboxylic acids is 1. The standard InChI is InChI=1S/C14H20N2O/c1-2-14(17)16-12-7-5-11(6-8-12)10-13-4-3-9-15-13/h5-8,13,15H,2-4,9-10H2,1H3,(H,16,17). The molecule has 0 saturated carbocycles. The second kappa shape index (κ2) is 5.82. The fourth-order valence-electron chi connectivity index (χ4n) is 2.19. The normalized spacial score (nSPS) is 19.2. The third kappa shape index (κ3) is 3.56. The van der Waals surface area contributed by atoms with E-state index >= 15 is 0 Å². The second-order valence-corrected chi connectivity index (χ2v) is 4.60. The van der Waals surface area contributed by atoms with Gasteiger partial charge in [0.05, 0.1) is 0 Å². The van der Waals surface area contributed by atoms with E-state index in [-0.39, 0.29) is 5.91 Å². The van der Waals surface area contributed by atoms with E-state index in [4.69, 9.17) is 0 Å². The molecule has 1 fully saturated rings. The van der Waals surface area contributed by atoms with Crippen LogP contribution in [0.25, 0.3) is 0 Å². The molecule has 1 aromatic carbocycles. The molecule has 17 heavy (non-hydrogen) atoms. The molecule has 2 N–H and O–H groups in total. The number of benzene rings is 1. The number of rotatable bonds is 4. The number of anilines is 1. The van der Waals surface area contributed by atoms with Crippen LogP contribution in [0.1, 0.15) is 31.7 Å². The molecule has 1 heterocycles. The fraction of sp³-hybridized carbons (Fsp3) is 0.500.